The number of carbonyl (C=O) groups is 1. The summed E-state index contributed by atoms with van der Waals surface area (Å²) in [6.07, 6.45) is 1.33. The van der Waals surface area contributed by atoms with Crippen LogP contribution in [0.25, 0.3) is 0 Å². The highest BCUT2D eigenvalue weighted by Gasteiger charge is 2.24. The third-order valence-electron chi connectivity index (χ3n) is 4.65. The number of sulfonamides is 1. The van der Waals surface area contributed by atoms with E-state index in [4.69, 9.17) is 9.47 Å². The van der Waals surface area contributed by atoms with Crippen LogP contribution in [0.3, 0.4) is 0 Å². The van der Waals surface area contributed by atoms with Gasteiger partial charge in [-0.25, -0.2) is 8.42 Å². The van der Waals surface area contributed by atoms with E-state index in [9.17, 15) is 13.2 Å². The van der Waals surface area contributed by atoms with Crippen molar-refractivity contribution in [3.63, 3.8) is 0 Å². The molecule has 0 aliphatic carbocycles. The maximum atomic E-state index is 12.8. The molecule has 2 aromatic rings. The lowest BCUT2D eigenvalue weighted by atomic mass is 10.1. The molecule has 0 spiro atoms. The molecule has 142 valence electrons. The van der Waals surface area contributed by atoms with Crippen LogP contribution in [0.4, 0.5) is 11.4 Å². The highest BCUT2D eigenvalue weighted by molar-refractivity contribution is 7.92. The number of fused-ring (bicyclic) bond motifs is 1. The fourth-order valence-electron chi connectivity index (χ4n) is 3.27. The number of nitrogens with one attached hydrogen (secondary N) is 1. The van der Waals surface area contributed by atoms with Gasteiger partial charge in [0.15, 0.2) is 11.5 Å². The molecule has 1 saturated heterocycles. The van der Waals surface area contributed by atoms with Crippen LogP contribution in [-0.4, -0.2) is 34.1 Å². The molecule has 1 N–H and O–H groups in total. The van der Waals surface area contributed by atoms with Gasteiger partial charge in [0.2, 0.25) is 5.91 Å². The molecular formula is C19H20N2O5S. The molecule has 0 radical (unpaired) electrons. The first kappa shape index (κ1) is 17.7. The van der Waals surface area contributed by atoms with Crippen molar-refractivity contribution in [1.29, 1.82) is 0 Å². The second-order valence-corrected chi connectivity index (χ2v) is 8.24. The van der Waals surface area contributed by atoms with Crippen LogP contribution >= 0.6 is 0 Å². The predicted molar refractivity (Wildman–Crippen MR) is 101 cm³/mol. The highest BCUT2D eigenvalue weighted by atomic mass is 32.2. The Morgan fingerprint density at radius 3 is 2.56 bits per heavy atom. The van der Waals surface area contributed by atoms with Crippen LogP contribution in [0.15, 0.2) is 41.3 Å². The number of ether oxygens (including phenoxy) is 2. The molecule has 8 heteroatoms. The number of nitrogens with zero attached hydrogens (tertiary/aromatic N) is 1. The van der Waals surface area contributed by atoms with E-state index in [-0.39, 0.29) is 10.8 Å². The molecule has 0 unspecified atom stereocenters. The molecule has 2 aromatic carbocycles. The van der Waals surface area contributed by atoms with Crippen molar-refractivity contribution >= 4 is 27.3 Å². The first-order chi connectivity index (χ1) is 12.9. The first-order valence-electron chi connectivity index (χ1n) is 8.77. The van der Waals surface area contributed by atoms with E-state index in [1.807, 2.05) is 13.0 Å². The van der Waals surface area contributed by atoms with Gasteiger partial charge in [0.25, 0.3) is 10.0 Å². The highest BCUT2D eigenvalue weighted by Crippen LogP contribution is 2.33. The predicted octanol–water partition coefficient (Wildman–Crippen LogP) is 2.69. The van der Waals surface area contributed by atoms with E-state index in [1.54, 1.807) is 23.1 Å². The summed E-state index contributed by atoms with van der Waals surface area (Å²) >= 11 is 0. The lowest BCUT2D eigenvalue weighted by Crippen LogP contribution is -2.24. The number of carbonyl (C=O) groups excluding carboxylic acids is 1. The molecule has 0 bridgehead atoms. The van der Waals surface area contributed by atoms with Crippen molar-refractivity contribution in [2.75, 3.05) is 29.4 Å². The van der Waals surface area contributed by atoms with Crippen LogP contribution in [0.2, 0.25) is 0 Å². The number of anilines is 2. The van der Waals surface area contributed by atoms with Gasteiger partial charge in [0.05, 0.1) is 10.6 Å². The summed E-state index contributed by atoms with van der Waals surface area (Å²) in [4.78, 5) is 13.8. The average molecular weight is 388 g/mol. The largest absolute Gasteiger partial charge is 0.486 e. The summed E-state index contributed by atoms with van der Waals surface area (Å²) in [5.41, 5.74) is 2.07. The summed E-state index contributed by atoms with van der Waals surface area (Å²) in [6.45, 7) is 3.38. The third kappa shape index (κ3) is 3.44. The second kappa shape index (κ2) is 6.77. The van der Waals surface area contributed by atoms with Crippen molar-refractivity contribution < 1.29 is 22.7 Å². The van der Waals surface area contributed by atoms with Crippen molar-refractivity contribution in [1.82, 2.24) is 0 Å². The molecule has 2 aliphatic rings. The van der Waals surface area contributed by atoms with E-state index in [0.29, 0.717) is 43.4 Å². The minimum atomic E-state index is -3.80. The maximum Gasteiger partial charge on any atom is 0.262 e. The number of rotatable bonds is 4. The Labute approximate surface area is 157 Å². The standard InChI is InChI=1S/C19H20N2O5S/c1-13-4-5-14(11-16(13)21-8-2-3-19(21)22)20-27(23,24)15-6-7-17-18(12-15)26-10-9-25-17/h4-7,11-12,20H,2-3,8-10H2,1H3. The molecule has 4 rings (SSSR count). The Morgan fingerprint density at radius 2 is 1.81 bits per heavy atom. The molecule has 27 heavy (non-hydrogen) atoms. The van der Waals surface area contributed by atoms with E-state index >= 15 is 0 Å². The number of hydrogen-bond donors (Lipinski definition) is 1. The zero-order valence-electron chi connectivity index (χ0n) is 14.9. The SMILES string of the molecule is Cc1ccc(NS(=O)(=O)c2ccc3c(c2)OCCO3)cc1N1CCCC1=O. The van der Waals surface area contributed by atoms with Gasteiger partial charge in [-0.3, -0.25) is 9.52 Å². The van der Waals surface area contributed by atoms with Crippen LogP contribution < -0.4 is 19.1 Å². The fraction of sp³-hybridized carbons (Fsp3) is 0.316. The Morgan fingerprint density at radius 1 is 1.04 bits per heavy atom. The molecule has 1 fully saturated rings. The summed E-state index contributed by atoms with van der Waals surface area (Å²) in [5, 5.41) is 0. The smallest absolute Gasteiger partial charge is 0.262 e. The molecule has 2 heterocycles. The second-order valence-electron chi connectivity index (χ2n) is 6.56. The lowest BCUT2D eigenvalue weighted by molar-refractivity contribution is -0.117. The Hall–Kier alpha value is -2.74. The van der Waals surface area contributed by atoms with Crippen LogP contribution in [-0.2, 0) is 14.8 Å². The van der Waals surface area contributed by atoms with Crippen LogP contribution in [0.5, 0.6) is 11.5 Å². The van der Waals surface area contributed by atoms with E-state index < -0.39 is 10.0 Å². The molecule has 2 aliphatic heterocycles. The van der Waals surface area contributed by atoms with E-state index in [2.05, 4.69) is 4.72 Å². The minimum Gasteiger partial charge on any atom is -0.486 e. The number of hydrogen-bond acceptors (Lipinski definition) is 5. The van der Waals surface area contributed by atoms with Gasteiger partial charge in [-0.1, -0.05) is 6.07 Å². The van der Waals surface area contributed by atoms with Gasteiger partial charge in [0, 0.05) is 24.7 Å². The van der Waals surface area contributed by atoms with Gasteiger partial charge in [-0.15, -0.1) is 0 Å². The first-order valence-corrected chi connectivity index (χ1v) is 10.3. The van der Waals surface area contributed by atoms with Gasteiger partial charge in [-0.05, 0) is 43.2 Å². The Bertz CT molecular complexity index is 1000. The van der Waals surface area contributed by atoms with Crippen molar-refractivity contribution in [3.05, 3.63) is 42.0 Å². The molecule has 1 amide bonds. The van der Waals surface area contributed by atoms with Gasteiger partial charge in [0.1, 0.15) is 13.2 Å². The van der Waals surface area contributed by atoms with E-state index in [1.165, 1.54) is 12.1 Å². The zero-order chi connectivity index (χ0) is 19.0. The summed E-state index contributed by atoms with van der Waals surface area (Å²) in [6, 6.07) is 9.73. The summed E-state index contributed by atoms with van der Waals surface area (Å²) in [5.74, 6) is 1.01. The topological polar surface area (TPSA) is 84.9 Å². The van der Waals surface area contributed by atoms with Crippen molar-refractivity contribution in [2.45, 2.75) is 24.7 Å². The number of amides is 1. The number of benzene rings is 2. The third-order valence-corrected chi connectivity index (χ3v) is 6.03. The van der Waals surface area contributed by atoms with Crippen molar-refractivity contribution in [3.8, 4) is 11.5 Å². The average Bonchev–Trinajstić information content (AvgIpc) is 3.08. The molecular weight excluding hydrogens is 368 g/mol. The quantitative estimate of drug-likeness (QED) is 0.870. The van der Waals surface area contributed by atoms with Gasteiger partial charge >= 0.3 is 0 Å². The monoisotopic (exact) mass is 388 g/mol. The zero-order valence-corrected chi connectivity index (χ0v) is 15.7. The number of aryl methyl sites for hydroxylation is 1. The molecule has 0 aromatic heterocycles. The molecule has 0 atom stereocenters. The normalized spacial score (nSPS) is 16.5. The van der Waals surface area contributed by atoms with Gasteiger partial charge in [-0.2, -0.15) is 0 Å². The van der Waals surface area contributed by atoms with Crippen LogP contribution in [0, 0.1) is 6.92 Å². The Balaban J connectivity index is 1.62. The molecule has 0 saturated carbocycles. The lowest BCUT2D eigenvalue weighted by Gasteiger charge is -2.20. The maximum absolute atomic E-state index is 12.8. The summed E-state index contributed by atoms with van der Waals surface area (Å²) < 4.78 is 39.0. The fourth-order valence-corrected chi connectivity index (χ4v) is 4.34. The Kier molecular flexibility index (Phi) is 4.43. The summed E-state index contributed by atoms with van der Waals surface area (Å²) in [7, 11) is -3.80. The van der Waals surface area contributed by atoms with Gasteiger partial charge < -0.3 is 14.4 Å². The van der Waals surface area contributed by atoms with Crippen LogP contribution in [0.1, 0.15) is 18.4 Å². The van der Waals surface area contributed by atoms with E-state index in [0.717, 1.165) is 17.7 Å². The van der Waals surface area contributed by atoms with Crippen molar-refractivity contribution in [2.24, 2.45) is 0 Å². The molecule has 7 nitrogen and oxygen atoms in total. The minimum absolute atomic E-state index is 0.0601.